The van der Waals surface area contributed by atoms with Crippen LogP contribution in [0.15, 0.2) is 42.9 Å². The lowest BCUT2D eigenvalue weighted by Gasteiger charge is -2.17. The number of carbonyl (C=O) groups excluding carboxylic acids is 1. The number of primary amides is 1. The van der Waals surface area contributed by atoms with E-state index in [4.69, 9.17) is 5.73 Å². The summed E-state index contributed by atoms with van der Waals surface area (Å²) in [5.74, 6) is -0.390. The van der Waals surface area contributed by atoms with Gasteiger partial charge in [-0.25, -0.2) is 4.98 Å². The number of imidazole rings is 1. The first-order valence-corrected chi connectivity index (χ1v) is 6.79. The van der Waals surface area contributed by atoms with E-state index in [1.54, 1.807) is 12.5 Å². The van der Waals surface area contributed by atoms with Gasteiger partial charge in [0.05, 0.1) is 18.2 Å². The number of aryl methyl sites for hydroxylation is 1. The predicted octanol–water partition coefficient (Wildman–Crippen LogP) is 1.61. The summed E-state index contributed by atoms with van der Waals surface area (Å²) in [5, 5.41) is 3.20. The molecule has 20 heavy (non-hydrogen) atoms. The fraction of sp³-hybridized carbons (Fsp3) is 0.333. The minimum Gasteiger partial charge on any atom is -0.368 e. The van der Waals surface area contributed by atoms with Crippen LogP contribution in [-0.4, -0.2) is 15.5 Å². The van der Waals surface area contributed by atoms with E-state index in [0.717, 1.165) is 24.2 Å². The fourth-order valence-corrected chi connectivity index (χ4v) is 2.17. The minimum atomic E-state index is -0.524. The van der Waals surface area contributed by atoms with Gasteiger partial charge in [-0.3, -0.25) is 10.1 Å². The maximum atomic E-state index is 11.7. The Morgan fingerprint density at radius 2 is 2.15 bits per heavy atom. The van der Waals surface area contributed by atoms with Crippen LogP contribution in [0.4, 0.5) is 0 Å². The third kappa shape index (κ3) is 3.45. The first kappa shape index (κ1) is 14.3. The molecule has 3 N–H and O–H groups in total. The molecule has 1 aromatic heterocycles. The van der Waals surface area contributed by atoms with Crippen molar-refractivity contribution in [3.8, 4) is 0 Å². The van der Waals surface area contributed by atoms with Crippen LogP contribution in [-0.2, 0) is 17.9 Å². The van der Waals surface area contributed by atoms with E-state index in [1.165, 1.54) is 0 Å². The number of benzene rings is 1. The largest absolute Gasteiger partial charge is 0.368 e. The van der Waals surface area contributed by atoms with E-state index < -0.39 is 11.9 Å². The minimum absolute atomic E-state index is 0.390. The van der Waals surface area contributed by atoms with E-state index in [0.29, 0.717) is 6.54 Å². The average molecular weight is 272 g/mol. The highest BCUT2D eigenvalue weighted by Gasteiger charge is 2.20. The summed E-state index contributed by atoms with van der Waals surface area (Å²) in [6.45, 7) is 3.50. The van der Waals surface area contributed by atoms with Crippen molar-refractivity contribution in [3.05, 3.63) is 54.1 Å². The Labute approximate surface area is 118 Å². The molecule has 0 aliphatic carbocycles. The second-order valence-electron chi connectivity index (χ2n) is 4.71. The van der Waals surface area contributed by atoms with Gasteiger partial charge in [-0.1, -0.05) is 37.3 Å². The van der Waals surface area contributed by atoms with Gasteiger partial charge in [-0.15, -0.1) is 0 Å². The lowest BCUT2D eigenvalue weighted by atomic mass is 10.1. The van der Waals surface area contributed by atoms with Gasteiger partial charge < -0.3 is 10.3 Å². The Balaban J connectivity index is 2.11. The summed E-state index contributed by atoms with van der Waals surface area (Å²) in [6.07, 6.45) is 4.41. The van der Waals surface area contributed by atoms with Crippen molar-refractivity contribution >= 4 is 5.91 Å². The Kier molecular flexibility index (Phi) is 4.90. The Morgan fingerprint density at radius 3 is 2.80 bits per heavy atom. The van der Waals surface area contributed by atoms with E-state index in [9.17, 15) is 4.79 Å². The molecule has 1 atom stereocenters. The van der Waals surface area contributed by atoms with Crippen LogP contribution in [0, 0.1) is 0 Å². The van der Waals surface area contributed by atoms with Gasteiger partial charge in [0, 0.05) is 13.1 Å². The number of nitrogens with two attached hydrogens (primary N) is 1. The number of nitrogens with zero attached hydrogens (tertiary/aromatic N) is 2. The molecule has 0 bridgehead atoms. The molecule has 0 radical (unpaired) electrons. The summed E-state index contributed by atoms with van der Waals surface area (Å²) in [6, 6.07) is 9.40. The number of hydrogen-bond acceptors (Lipinski definition) is 3. The number of nitrogens with one attached hydrogen (secondary N) is 1. The number of carbonyl (C=O) groups is 1. The quantitative estimate of drug-likeness (QED) is 0.804. The molecule has 1 aromatic carbocycles. The van der Waals surface area contributed by atoms with Crippen molar-refractivity contribution in [1.29, 1.82) is 0 Å². The van der Waals surface area contributed by atoms with E-state index >= 15 is 0 Å². The van der Waals surface area contributed by atoms with Crippen molar-refractivity contribution < 1.29 is 4.79 Å². The van der Waals surface area contributed by atoms with Crippen LogP contribution in [0.1, 0.15) is 30.6 Å². The van der Waals surface area contributed by atoms with Crippen LogP contribution in [0.2, 0.25) is 0 Å². The Morgan fingerprint density at radius 1 is 1.40 bits per heavy atom. The van der Waals surface area contributed by atoms with Gasteiger partial charge in [0.25, 0.3) is 0 Å². The van der Waals surface area contributed by atoms with Gasteiger partial charge in [0.1, 0.15) is 6.04 Å². The number of aromatic nitrogens is 2. The van der Waals surface area contributed by atoms with Gasteiger partial charge in [-0.05, 0) is 12.0 Å². The van der Waals surface area contributed by atoms with Gasteiger partial charge in [0.15, 0.2) is 0 Å². The molecule has 1 heterocycles. The first-order chi connectivity index (χ1) is 9.72. The topological polar surface area (TPSA) is 72.9 Å². The molecule has 5 nitrogen and oxygen atoms in total. The van der Waals surface area contributed by atoms with Gasteiger partial charge in [-0.2, -0.15) is 0 Å². The Hall–Kier alpha value is -2.14. The summed E-state index contributed by atoms with van der Waals surface area (Å²) in [7, 11) is 0. The zero-order chi connectivity index (χ0) is 14.4. The van der Waals surface area contributed by atoms with E-state index in [2.05, 4.69) is 17.2 Å². The van der Waals surface area contributed by atoms with Crippen molar-refractivity contribution in [2.45, 2.75) is 32.5 Å². The third-order valence-corrected chi connectivity index (χ3v) is 3.14. The lowest BCUT2D eigenvalue weighted by molar-refractivity contribution is -0.120. The molecule has 5 heteroatoms. The smallest absolute Gasteiger partial charge is 0.240 e. The summed E-state index contributed by atoms with van der Waals surface area (Å²) in [5.41, 5.74) is 7.44. The molecule has 2 rings (SSSR count). The van der Waals surface area contributed by atoms with Gasteiger partial charge >= 0.3 is 0 Å². The average Bonchev–Trinajstić information content (AvgIpc) is 2.89. The van der Waals surface area contributed by atoms with Crippen molar-refractivity contribution in [2.75, 3.05) is 0 Å². The molecule has 0 saturated heterocycles. The molecule has 106 valence electrons. The molecule has 0 spiro atoms. The second-order valence-corrected chi connectivity index (χ2v) is 4.71. The molecule has 2 aromatic rings. The highest BCUT2D eigenvalue weighted by Crippen LogP contribution is 2.14. The zero-order valence-electron chi connectivity index (χ0n) is 11.6. The van der Waals surface area contributed by atoms with Crippen LogP contribution in [0.3, 0.4) is 0 Å². The normalized spacial score (nSPS) is 12.2. The van der Waals surface area contributed by atoms with E-state index in [-0.39, 0.29) is 0 Å². The maximum Gasteiger partial charge on any atom is 0.240 e. The van der Waals surface area contributed by atoms with Crippen molar-refractivity contribution in [1.82, 2.24) is 14.9 Å². The third-order valence-electron chi connectivity index (χ3n) is 3.14. The molecule has 0 aliphatic rings. The molecule has 0 fully saturated rings. The predicted molar refractivity (Wildman–Crippen MR) is 77.7 cm³/mol. The molecular weight excluding hydrogens is 252 g/mol. The molecule has 1 unspecified atom stereocenters. The SMILES string of the molecule is CCCn1cncc1C(NCc1ccccc1)C(N)=O. The monoisotopic (exact) mass is 272 g/mol. The Bertz CT molecular complexity index is 550. The highest BCUT2D eigenvalue weighted by molar-refractivity contribution is 5.80. The summed E-state index contributed by atoms with van der Waals surface area (Å²) >= 11 is 0. The summed E-state index contributed by atoms with van der Waals surface area (Å²) < 4.78 is 1.97. The first-order valence-electron chi connectivity index (χ1n) is 6.79. The van der Waals surface area contributed by atoms with Crippen LogP contribution in [0.5, 0.6) is 0 Å². The van der Waals surface area contributed by atoms with Gasteiger partial charge in [0.2, 0.25) is 5.91 Å². The molecule has 0 aliphatic heterocycles. The van der Waals surface area contributed by atoms with Crippen molar-refractivity contribution in [2.24, 2.45) is 5.73 Å². The maximum absolute atomic E-state index is 11.7. The second kappa shape index (κ2) is 6.86. The van der Waals surface area contributed by atoms with Crippen LogP contribution >= 0.6 is 0 Å². The summed E-state index contributed by atoms with van der Waals surface area (Å²) in [4.78, 5) is 15.8. The van der Waals surface area contributed by atoms with Crippen molar-refractivity contribution in [3.63, 3.8) is 0 Å². The fourth-order valence-electron chi connectivity index (χ4n) is 2.17. The molecule has 0 saturated carbocycles. The zero-order valence-corrected chi connectivity index (χ0v) is 11.6. The van der Waals surface area contributed by atoms with E-state index in [1.807, 2.05) is 34.9 Å². The standard InChI is InChI=1S/C15H20N4O/c1-2-8-19-11-17-10-13(19)14(15(16)20)18-9-12-6-4-3-5-7-12/h3-7,10-11,14,18H,2,8-9H2,1H3,(H2,16,20). The molecule has 1 amide bonds. The lowest BCUT2D eigenvalue weighted by Crippen LogP contribution is -2.34. The number of rotatable bonds is 7. The molecular formula is C15H20N4O. The van der Waals surface area contributed by atoms with Crippen LogP contribution in [0.25, 0.3) is 0 Å². The van der Waals surface area contributed by atoms with Crippen LogP contribution < -0.4 is 11.1 Å². The number of amides is 1. The number of hydrogen-bond donors (Lipinski definition) is 2. The highest BCUT2D eigenvalue weighted by atomic mass is 16.1.